The molecule has 186 valence electrons. The lowest BCUT2D eigenvalue weighted by molar-refractivity contribution is -0.138. The van der Waals surface area contributed by atoms with Gasteiger partial charge in [0.15, 0.2) is 0 Å². The van der Waals surface area contributed by atoms with Crippen molar-refractivity contribution in [1.82, 2.24) is 0 Å². The van der Waals surface area contributed by atoms with Gasteiger partial charge >= 0.3 is 11.9 Å². The fourth-order valence-corrected chi connectivity index (χ4v) is 2.32. The first kappa shape index (κ1) is 31.8. The predicted molar refractivity (Wildman–Crippen MR) is 110 cm³/mol. The van der Waals surface area contributed by atoms with Gasteiger partial charge in [0, 0.05) is 12.8 Å². The Morgan fingerprint density at radius 2 is 0.774 bits per heavy atom. The lowest BCUT2D eigenvalue weighted by atomic mass is 9.91. The Hall–Kier alpha value is -1.34. The predicted octanol–water partition coefficient (Wildman–Crippen LogP) is -0.794. The Morgan fingerprint density at radius 3 is 1.00 bits per heavy atom. The van der Waals surface area contributed by atoms with E-state index in [0.29, 0.717) is 0 Å². The highest BCUT2D eigenvalue weighted by Crippen LogP contribution is 2.19. The number of rotatable bonds is 19. The van der Waals surface area contributed by atoms with Crippen LogP contribution in [-0.2, 0) is 14.3 Å². The number of carbonyl (C=O) groups is 2. The molecule has 31 heavy (non-hydrogen) atoms. The first-order valence-electron chi connectivity index (χ1n) is 10.4. The van der Waals surface area contributed by atoms with Gasteiger partial charge < -0.3 is 45.6 Å². The number of ether oxygens (including phenoxy) is 1. The van der Waals surface area contributed by atoms with Gasteiger partial charge in [-0.25, -0.2) is 0 Å². The zero-order valence-corrected chi connectivity index (χ0v) is 18.1. The summed E-state index contributed by atoms with van der Waals surface area (Å²) in [6.45, 7) is -3.01. The van der Waals surface area contributed by atoms with Gasteiger partial charge in [-0.3, -0.25) is 9.59 Å². The van der Waals surface area contributed by atoms with Crippen LogP contribution >= 0.6 is 0 Å². The average molecular weight is 457 g/mol. The smallest absolute Gasteiger partial charge is 0.303 e. The van der Waals surface area contributed by atoms with E-state index in [1.807, 2.05) is 0 Å². The van der Waals surface area contributed by atoms with E-state index < -0.39 is 62.4 Å². The molecule has 0 rings (SSSR count). The van der Waals surface area contributed by atoms with Gasteiger partial charge in [-0.05, 0) is 12.8 Å². The summed E-state index contributed by atoms with van der Waals surface area (Å²) in [5.41, 5.74) is -2.32. The molecule has 0 saturated heterocycles. The van der Waals surface area contributed by atoms with Crippen LogP contribution in [0.1, 0.15) is 51.4 Å². The summed E-state index contributed by atoms with van der Waals surface area (Å²) >= 11 is 0. The number of hydrogen-bond acceptors (Lipinski definition) is 9. The molecule has 0 amide bonds. The highest BCUT2D eigenvalue weighted by atomic mass is 16.5. The fraction of sp³-hybridized carbons (Fsp3) is 0.900. The standard InChI is InChI=1S/C10H22O7.C10H18O4/c11-1-9(2-12,3-13)7-17-8-10(4-14,5-15)6-16;11-9(12)7-5-3-1-2-4-6-8-10(13)14/h11-16H,1-8H2;1-8H2,(H,11,12)(H,13,14). The van der Waals surface area contributed by atoms with Crippen LogP contribution in [0.15, 0.2) is 0 Å². The quantitative estimate of drug-likeness (QED) is 0.113. The number of carboxylic acid groups (broad SMARTS) is 2. The summed E-state index contributed by atoms with van der Waals surface area (Å²) in [4.78, 5) is 20.3. The second-order valence-electron chi connectivity index (χ2n) is 7.85. The molecule has 0 heterocycles. The molecule has 11 heteroatoms. The Morgan fingerprint density at radius 1 is 0.516 bits per heavy atom. The molecule has 0 aromatic carbocycles. The number of aliphatic carboxylic acids is 2. The molecule has 0 spiro atoms. The SMILES string of the molecule is O=C(O)CCCCCCCCC(=O)O.OCC(CO)(CO)COCC(CO)(CO)CO. The Balaban J connectivity index is 0. The monoisotopic (exact) mass is 456 g/mol. The number of hydrogen-bond donors (Lipinski definition) is 8. The van der Waals surface area contributed by atoms with E-state index in [1.165, 1.54) is 0 Å². The summed E-state index contributed by atoms with van der Waals surface area (Å²) in [7, 11) is 0. The summed E-state index contributed by atoms with van der Waals surface area (Å²) in [6, 6.07) is 0. The summed E-state index contributed by atoms with van der Waals surface area (Å²) < 4.78 is 5.15. The first-order chi connectivity index (χ1) is 14.7. The number of aliphatic hydroxyl groups excluding tert-OH is 6. The van der Waals surface area contributed by atoms with Crippen LogP contribution in [0.2, 0.25) is 0 Å². The summed E-state index contributed by atoms with van der Waals surface area (Å²) in [5.74, 6) is -1.48. The van der Waals surface area contributed by atoms with Crippen molar-refractivity contribution in [2.75, 3.05) is 52.9 Å². The molecule has 0 aliphatic rings. The molecule has 0 aromatic heterocycles. The molecule has 0 aliphatic heterocycles. The molecule has 0 unspecified atom stereocenters. The van der Waals surface area contributed by atoms with Crippen LogP contribution in [0.5, 0.6) is 0 Å². The van der Waals surface area contributed by atoms with E-state index in [4.69, 9.17) is 45.6 Å². The fourth-order valence-electron chi connectivity index (χ4n) is 2.32. The van der Waals surface area contributed by atoms with Crippen molar-refractivity contribution in [3.8, 4) is 0 Å². The molecule has 8 N–H and O–H groups in total. The zero-order valence-electron chi connectivity index (χ0n) is 18.1. The maximum absolute atomic E-state index is 10.1. The molecule has 0 aromatic rings. The van der Waals surface area contributed by atoms with E-state index in [2.05, 4.69) is 0 Å². The maximum atomic E-state index is 10.1. The summed E-state index contributed by atoms with van der Waals surface area (Å²) in [6.07, 6.45) is 5.82. The third-order valence-electron chi connectivity index (χ3n) is 4.86. The minimum absolute atomic E-state index is 0.141. The Bertz CT molecular complexity index is 392. The highest BCUT2D eigenvalue weighted by Gasteiger charge is 2.32. The second kappa shape index (κ2) is 19.4. The van der Waals surface area contributed by atoms with Crippen LogP contribution in [0, 0.1) is 10.8 Å². The molecule has 11 nitrogen and oxygen atoms in total. The first-order valence-corrected chi connectivity index (χ1v) is 10.4. The molecular formula is C20H40O11. The van der Waals surface area contributed by atoms with Crippen LogP contribution in [0.25, 0.3) is 0 Å². The van der Waals surface area contributed by atoms with Crippen molar-refractivity contribution >= 4 is 11.9 Å². The maximum Gasteiger partial charge on any atom is 0.303 e. The topological polar surface area (TPSA) is 205 Å². The van der Waals surface area contributed by atoms with E-state index in [9.17, 15) is 9.59 Å². The van der Waals surface area contributed by atoms with Crippen LogP contribution in [0.4, 0.5) is 0 Å². The minimum Gasteiger partial charge on any atom is -0.481 e. The molecular weight excluding hydrogens is 416 g/mol. The lowest BCUT2D eigenvalue weighted by Gasteiger charge is -2.31. The van der Waals surface area contributed by atoms with Gasteiger partial charge in [0.25, 0.3) is 0 Å². The Kier molecular flexibility index (Phi) is 19.9. The third kappa shape index (κ3) is 16.0. The third-order valence-corrected chi connectivity index (χ3v) is 4.86. The second-order valence-corrected chi connectivity index (χ2v) is 7.85. The van der Waals surface area contributed by atoms with Gasteiger partial charge in [-0.15, -0.1) is 0 Å². The lowest BCUT2D eigenvalue weighted by Crippen LogP contribution is -2.43. The van der Waals surface area contributed by atoms with Crippen molar-refractivity contribution in [1.29, 1.82) is 0 Å². The van der Waals surface area contributed by atoms with Gasteiger partial charge in [0.05, 0.1) is 63.7 Å². The molecule has 0 saturated carbocycles. The van der Waals surface area contributed by atoms with Gasteiger partial charge in [-0.2, -0.15) is 0 Å². The molecule has 0 atom stereocenters. The Labute approximate surface area is 182 Å². The van der Waals surface area contributed by atoms with Gasteiger partial charge in [0.1, 0.15) is 0 Å². The minimum atomic E-state index is -1.16. The highest BCUT2D eigenvalue weighted by molar-refractivity contribution is 5.66. The van der Waals surface area contributed by atoms with Crippen molar-refractivity contribution < 1.29 is 55.2 Å². The zero-order chi connectivity index (χ0) is 24.2. The normalized spacial score (nSPS) is 11.7. The van der Waals surface area contributed by atoms with Crippen molar-refractivity contribution in [2.24, 2.45) is 10.8 Å². The number of unbranched alkanes of at least 4 members (excludes halogenated alkanes) is 5. The van der Waals surface area contributed by atoms with Crippen LogP contribution in [-0.4, -0.2) is 106 Å². The van der Waals surface area contributed by atoms with Gasteiger partial charge in [0.2, 0.25) is 0 Å². The largest absolute Gasteiger partial charge is 0.481 e. The van der Waals surface area contributed by atoms with Crippen molar-refractivity contribution in [3.63, 3.8) is 0 Å². The molecule has 0 radical (unpaired) electrons. The molecule has 0 bridgehead atoms. The molecule has 0 fully saturated rings. The van der Waals surface area contributed by atoms with E-state index in [0.717, 1.165) is 38.5 Å². The van der Waals surface area contributed by atoms with E-state index >= 15 is 0 Å². The van der Waals surface area contributed by atoms with E-state index in [-0.39, 0.29) is 26.1 Å². The van der Waals surface area contributed by atoms with Crippen molar-refractivity contribution in [2.45, 2.75) is 51.4 Å². The number of aliphatic hydroxyl groups is 6. The summed E-state index contributed by atoms with van der Waals surface area (Å²) in [5, 5.41) is 70.9. The molecule has 0 aliphatic carbocycles. The van der Waals surface area contributed by atoms with E-state index in [1.54, 1.807) is 0 Å². The van der Waals surface area contributed by atoms with Crippen LogP contribution in [0.3, 0.4) is 0 Å². The number of carboxylic acids is 2. The van der Waals surface area contributed by atoms with Crippen LogP contribution < -0.4 is 0 Å². The average Bonchev–Trinajstić information content (AvgIpc) is 2.77. The van der Waals surface area contributed by atoms with Gasteiger partial charge in [-0.1, -0.05) is 25.7 Å². The van der Waals surface area contributed by atoms with Crippen molar-refractivity contribution in [3.05, 3.63) is 0 Å².